The first-order chi connectivity index (χ1) is 13.9. The normalized spacial score (nSPS) is 21.3. The van der Waals surface area contributed by atoms with Gasteiger partial charge in [0.05, 0.1) is 19.2 Å². The number of halogens is 1. The molecule has 3 atom stereocenters. The minimum Gasteiger partial charge on any atom is -0.497 e. The highest BCUT2D eigenvalue weighted by Crippen LogP contribution is 2.50. The summed E-state index contributed by atoms with van der Waals surface area (Å²) < 4.78 is 6.30. The van der Waals surface area contributed by atoms with Crippen LogP contribution in [0.25, 0.3) is 0 Å². The third-order valence-electron chi connectivity index (χ3n) is 5.61. The van der Waals surface area contributed by atoms with E-state index >= 15 is 0 Å². The smallest absolute Gasteiger partial charge is 0.241 e. The van der Waals surface area contributed by atoms with Gasteiger partial charge in [-0.1, -0.05) is 54.0 Å². The van der Waals surface area contributed by atoms with E-state index in [2.05, 4.69) is 52.5 Å². The number of methoxy groups -OCH3 is 1. The van der Waals surface area contributed by atoms with Crippen LogP contribution in [0.3, 0.4) is 0 Å². The second-order valence-corrected chi connectivity index (χ2v) is 8.68. The molecule has 0 radical (unpaired) electrons. The average molecular weight is 456 g/mol. The first-order valence-electron chi connectivity index (χ1n) is 9.73. The third kappa shape index (κ3) is 4.63. The highest BCUT2D eigenvalue weighted by atomic mass is 79.9. The van der Waals surface area contributed by atoms with Crippen LogP contribution < -0.4 is 15.4 Å². The minimum atomic E-state index is -0.678. The number of hydrogen-bond donors (Lipinski definition) is 2. The van der Waals surface area contributed by atoms with Gasteiger partial charge < -0.3 is 10.1 Å². The molecule has 1 aliphatic rings. The average Bonchev–Trinajstić information content (AvgIpc) is 3.47. The van der Waals surface area contributed by atoms with Crippen molar-refractivity contribution in [1.29, 1.82) is 5.26 Å². The largest absolute Gasteiger partial charge is 0.497 e. The van der Waals surface area contributed by atoms with Gasteiger partial charge in [0.25, 0.3) is 0 Å². The van der Waals surface area contributed by atoms with Crippen LogP contribution in [0.4, 0.5) is 0 Å². The first kappa shape index (κ1) is 21.4. The van der Waals surface area contributed by atoms with E-state index in [9.17, 15) is 4.79 Å². The Labute approximate surface area is 180 Å². The Morgan fingerprint density at radius 1 is 1.21 bits per heavy atom. The molecule has 1 fully saturated rings. The number of carbonyl (C=O) groups is 1. The number of nitrogens with one attached hydrogen (secondary N) is 2. The lowest BCUT2D eigenvalue weighted by atomic mass is 9.95. The van der Waals surface area contributed by atoms with Gasteiger partial charge in [0.15, 0.2) is 0 Å². The highest BCUT2D eigenvalue weighted by molar-refractivity contribution is 9.10. The molecule has 0 aromatic heterocycles. The van der Waals surface area contributed by atoms with Crippen LogP contribution in [-0.2, 0) is 4.79 Å². The molecule has 3 rings (SSSR count). The van der Waals surface area contributed by atoms with Gasteiger partial charge in [-0.25, -0.2) is 0 Å². The molecular formula is C23H26BrN3O2. The van der Waals surface area contributed by atoms with E-state index in [1.165, 1.54) is 0 Å². The summed E-state index contributed by atoms with van der Waals surface area (Å²) in [6, 6.07) is 17.9. The molecule has 0 heterocycles. The molecule has 6 heteroatoms. The van der Waals surface area contributed by atoms with Gasteiger partial charge in [-0.15, -0.1) is 0 Å². The second-order valence-electron chi connectivity index (χ2n) is 7.77. The Balaban J connectivity index is 1.97. The summed E-state index contributed by atoms with van der Waals surface area (Å²) in [5.41, 5.74) is 1.44. The summed E-state index contributed by atoms with van der Waals surface area (Å²) in [5, 5.41) is 15.3. The molecule has 152 valence electrons. The van der Waals surface area contributed by atoms with E-state index in [1.807, 2.05) is 42.5 Å². The van der Waals surface area contributed by atoms with Crippen LogP contribution in [0, 0.1) is 23.2 Å². The van der Waals surface area contributed by atoms with E-state index in [0.29, 0.717) is 5.92 Å². The van der Waals surface area contributed by atoms with Crippen molar-refractivity contribution in [2.75, 3.05) is 13.7 Å². The Hall–Kier alpha value is -2.36. The fourth-order valence-corrected chi connectivity index (χ4v) is 4.20. The quantitative estimate of drug-likeness (QED) is 0.585. The van der Waals surface area contributed by atoms with E-state index in [0.717, 1.165) is 27.8 Å². The van der Waals surface area contributed by atoms with Crippen molar-refractivity contribution >= 4 is 21.8 Å². The fourth-order valence-electron chi connectivity index (χ4n) is 3.93. The van der Waals surface area contributed by atoms with Gasteiger partial charge in [0.2, 0.25) is 5.91 Å². The molecule has 0 aliphatic heterocycles. The van der Waals surface area contributed by atoms with Gasteiger partial charge >= 0.3 is 0 Å². The van der Waals surface area contributed by atoms with Crippen LogP contribution in [0.1, 0.15) is 37.4 Å². The van der Waals surface area contributed by atoms with E-state index in [-0.39, 0.29) is 24.4 Å². The molecule has 0 saturated heterocycles. The molecular weight excluding hydrogens is 430 g/mol. The molecule has 5 nitrogen and oxygen atoms in total. The summed E-state index contributed by atoms with van der Waals surface area (Å²) >= 11 is 3.49. The zero-order valence-corrected chi connectivity index (χ0v) is 18.5. The van der Waals surface area contributed by atoms with Crippen LogP contribution in [0.2, 0.25) is 0 Å². The SMILES string of the molecule is COc1ccc(C(NC2(C(=O)NCC#N)CC2C(C)C)c2ccc(Br)cc2)cc1. The van der Waals surface area contributed by atoms with Crippen LogP contribution in [0.5, 0.6) is 5.75 Å². The molecule has 3 unspecified atom stereocenters. The molecule has 2 aromatic carbocycles. The maximum absolute atomic E-state index is 13.0. The van der Waals surface area contributed by atoms with Crippen molar-refractivity contribution in [3.05, 3.63) is 64.1 Å². The molecule has 0 spiro atoms. The molecule has 29 heavy (non-hydrogen) atoms. The van der Waals surface area contributed by atoms with E-state index in [1.54, 1.807) is 7.11 Å². The van der Waals surface area contributed by atoms with Gasteiger partial charge in [-0.3, -0.25) is 10.1 Å². The number of carbonyl (C=O) groups excluding carboxylic acids is 1. The maximum atomic E-state index is 13.0. The van der Waals surface area contributed by atoms with Crippen molar-refractivity contribution in [2.45, 2.75) is 31.8 Å². The predicted molar refractivity (Wildman–Crippen MR) is 116 cm³/mol. The number of nitriles is 1. The summed E-state index contributed by atoms with van der Waals surface area (Å²) in [4.78, 5) is 13.0. The highest BCUT2D eigenvalue weighted by Gasteiger charge is 2.61. The number of hydrogen-bond acceptors (Lipinski definition) is 4. The van der Waals surface area contributed by atoms with Crippen LogP contribution in [-0.4, -0.2) is 25.1 Å². The molecule has 1 aliphatic carbocycles. The zero-order chi connectivity index (χ0) is 21.0. The van der Waals surface area contributed by atoms with Crippen molar-refractivity contribution in [3.63, 3.8) is 0 Å². The van der Waals surface area contributed by atoms with Crippen LogP contribution in [0.15, 0.2) is 53.0 Å². The van der Waals surface area contributed by atoms with Crippen molar-refractivity contribution in [3.8, 4) is 11.8 Å². The summed E-state index contributed by atoms with van der Waals surface area (Å²) in [6.45, 7) is 4.28. The Morgan fingerprint density at radius 3 is 2.28 bits per heavy atom. The first-order valence-corrected chi connectivity index (χ1v) is 10.5. The number of rotatable bonds is 8. The van der Waals surface area contributed by atoms with Crippen molar-refractivity contribution in [2.24, 2.45) is 11.8 Å². The molecule has 2 N–H and O–H groups in total. The monoisotopic (exact) mass is 455 g/mol. The van der Waals surface area contributed by atoms with Gasteiger partial charge in [-0.05, 0) is 53.6 Å². The minimum absolute atomic E-state index is 0.0125. The lowest BCUT2D eigenvalue weighted by Crippen LogP contribution is -2.50. The number of benzene rings is 2. The van der Waals surface area contributed by atoms with Gasteiger partial charge in [0, 0.05) is 4.47 Å². The van der Waals surface area contributed by atoms with E-state index < -0.39 is 5.54 Å². The topological polar surface area (TPSA) is 74.2 Å². The Kier molecular flexibility index (Phi) is 6.61. The van der Waals surface area contributed by atoms with Gasteiger partial charge in [-0.2, -0.15) is 5.26 Å². The van der Waals surface area contributed by atoms with Crippen molar-refractivity contribution in [1.82, 2.24) is 10.6 Å². The Bertz CT molecular complexity index is 890. The standard InChI is InChI=1S/C23H26BrN3O2/c1-15(2)20-14-23(20,22(28)26-13-12-25)27-21(16-4-8-18(24)9-5-16)17-6-10-19(29-3)11-7-17/h4-11,15,20-21,27H,13-14H2,1-3H3,(H,26,28). The fraction of sp³-hybridized carbons (Fsp3) is 0.391. The van der Waals surface area contributed by atoms with Crippen molar-refractivity contribution < 1.29 is 9.53 Å². The Morgan fingerprint density at radius 2 is 1.79 bits per heavy atom. The van der Waals surface area contributed by atoms with Gasteiger partial charge in [0.1, 0.15) is 17.8 Å². The molecule has 2 aromatic rings. The molecule has 1 saturated carbocycles. The summed E-state index contributed by atoms with van der Waals surface area (Å²) in [6.07, 6.45) is 0.755. The summed E-state index contributed by atoms with van der Waals surface area (Å²) in [5.74, 6) is 1.26. The van der Waals surface area contributed by atoms with E-state index in [4.69, 9.17) is 10.00 Å². The molecule has 0 bridgehead atoms. The number of amides is 1. The maximum Gasteiger partial charge on any atom is 0.241 e. The van der Waals surface area contributed by atoms with Crippen LogP contribution >= 0.6 is 15.9 Å². The zero-order valence-electron chi connectivity index (χ0n) is 16.9. The third-order valence-corrected chi connectivity index (χ3v) is 6.14. The molecule has 1 amide bonds. The lowest BCUT2D eigenvalue weighted by molar-refractivity contribution is -0.124. The number of nitrogens with zero attached hydrogens (tertiary/aromatic N) is 1. The number of ether oxygens (including phenoxy) is 1. The predicted octanol–water partition coefficient (Wildman–Crippen LogP) is 4.19. The second kappa shape index (κ2) is 8.98. The lowest BCUT2D eigenvalue weighted by Gasteiger charge is -2.28. The summed E-state index contributed by atoms with van der Waals surface area (Å²) in [7, 11) is 1.64.